The molecule has 0 N–H and O–H groups in total. The monoisotopic (exact) mass is 741 g/mol. The van der Waals surface area contributed by atoms with Crippen LogP contribution >= 0.6 is 0 Å². The van der Waals surface area contributed by atoms with Gasteiger partial charge in [0, 0.05) is 44.7 Å². The van der Waals surface area contributed by atoms with Crippen LogP contribution in [0.3, 0.4) is 0 Å². The molecule has 9 aromatic carbocycles. The van der Waals surface area contributed by atoms with Crippen LogP contribution in [-0.4, -0.2) is 0 Å². The van der Waals surface area contributed by atoms with Gasteiger partial charge in [-0.2, -0.15) is 0 Å². The number of anilines is 3. The number of hydrogen-bond acceptors (Lipinski definition) is 3. The minimum atomic E-state index is -0.590. The summed E-state index contributed by atoms with van der Waals surface area (Å²) in [5, 5.41) is 4.38. The van der Waals surface area contributed by atoms with Gasteiger partial charge in [0.25, 0.3) is 0 Å². The van der Waals surface area contributed by atoms with Crippen molar-refractivity contribution in [2.75, 3.05) is 4.90 Å². The molecule has 0 unspecified atom stereocenters. The molecule has 0 radical (unpaired) electrons. The zero-order chi connectivity index (χ0) is 38.2. The number of rotatable bonds is 6. The van der Waals surface area contributed by atoms with Gasteiger partial charge in [0.2, 0.25) is 0 Å². The average Bonchev–Trinajstić information content (AvgIpc) is 3.95. The van der Waals surface area contributed by atoms with Crippen molar-refractivity contribution < 1.29 is 8.83 Å². The van der Waals surface area contributed by atoms with Gasteiger partial charge in [0.05, 0.1) is 5.41 Å². The molecule has 0 spiro atoms. The summed E-state index contributed by atoms with van der Waals surface area (Å²) in [6.45, 7) is 0. The van der Waals surface area contributed by atoms with Gasteiger partial charge in [0.15, 0.2) is 0 Å². The second-order valence-electron chi connectivity index (χ2n) is 15.2. The van der Waals surface area contributed by atoms with E-state index in [1.807, 2.05) is 24.3 Å². The van der Waals surface area contributed by atoms with Crippen LogP contribution in [0.4, 0.5) is 17.1 Å². The molecule has 0 saturated carbocycles. The standard InChI is InChI=1S/C55H35NO2/c1-4-15-36(16-5-1)42-23-14-24-48-54(42)46-31-28-40(34-49(46)55(48,37-17-6-2-7-18-37)38-19-8-3-9-20-38)56(39-29-32-52-47(33-39)44-22-11-13-26-51(44)57-52)41-27-30-45-43-21-10-12-25-50(43)58-53(45)35-41/h1-35H. The predicted molar refractivity (Wildman–Crippen MR) is 238 cm³/mol. The van der Waals surface area contributed by atoms with Gasteiger partial charge in [-0.3, -0.25) is 0 Å². The van der Waals surface area contributed by atoms with E-state index in [9.17, 15) is 0 Å². The molecular formula is C55H35NO2. The Labute approximate surface area is 335 Å². The fraction of sp³-hybridized carbons (Fsp3) is 0.0182. The van der Waals surface area contributed by atoms with Crippen LogP contribution in [0.15, 0.2) is 221 Å². The lowest BCUT2D eigenvalue weighted by molar-refractivity contribution is 0.668. The van der Waals surface area contributed by atoms with E-state index in [0.29, 0.717) is 0 Å². The van der Waals surface area contributed by atoms with Gasteiger partial charge in [-0.1, -0.05) is 152 Å². The van der Waals surface area contributed by atoms with Gasteiger partial charge in [-0.15, -0.1) is 0 Å². The van der Waals surface area contributed by atoms with Crippen molar-refractivity contribution >= 4 is 60.9 Å². The van der Waals surface area contributed by atoms with Crippen LogP contribution in [0.5, 0.6) is 0 Å². The summed E-state index contributed by atoms with van der Waals surface area (Å²) in [7, 11) is 0. The van der Waals surface area contributed by atoms with E-state index >= 15 is 0 Å². The lowest BCUT2D eigenvalue weighted by Gasteiger charge is -2.35. The number of benzene rings is 9. The van der Waals surface area contributed by atoms with Gasteiger partial charge >= 0.3 is 0 Å². The highest BCUT2D eigenvalue weighted by atomic mass is 16.3. The largest absolute Gasteiger partial charge is 0.456 e. The molecule has 58 heavy (non-hydrogen) atoms. The van der Waals surface area contributed by atoms with Gasteiger partial charge in [-0.05, 0) is 99.1 Å². The molecular weight excluding hydrogens is 707 g/mol. The Morgan fingerprint density at radius 1 is 0.328 bits per heavy atom. The van der Waals surface area contributed by atoms with Gasteiger partial charge < -0.3 is 13.7 Å². The van der Waals surface area contributed by atoms with Crippen LogP contribution in [-0.2, 0) is 5.41 Å². The van der Waals surface area contributed by atoms with E-state index in [0.717, 1.165) is 60.9 Å². The van der Waals surface area contributed by atoms with E-state index in [2.05, 4.69) is 193 Å². The minimum Gasteiger partial charge on any atom is -0.456 e. The Morgan fingerprint density at radius 2 is 0.862 bits per heavy atom. The summed E-state index contributed by atoms with van der Waals surface area (Å²) in [5.74, 6) is 0. The Morgan fingerprint density at radius 3 is 1.59 bits per heavy atom. The fourth-order valence-corrected chi connectivity index (χ4v) is 9.68. The third-order valence-corrected chi connectivity index (χ3v) is 12.1. The van der Waals surface area contributed by atoms with Crippen LogP contribution < -0.4 is 4.90 Å². The van der Waals surface area contributed by atoms with Crippen molar-refractivity contribution in [2.24, 2.45) is 0 Å². The summed E-state index contributed by atoms with van der Waals surface area (Å²) < 4.78 is 12.8. The second-order valence-corrected chi connectivity index (χ2v) is 15.2. The zero-order valence-corrected chi connectivity index (χ0v) is 31.5. The van der Waals surface area contributed by atoms with Crippen molar-refractivity contribution in [2.45, 2.75) is 5.41 Å². The Hall–Kier alpha value is -7.62. The van der Waals surface area contributed by atoms with Crippen molar-refractivity contribution in [3.05, 3.63) is 235 Å². The third kappa shape index (κ3) is 4.74. The number of para-hydroxylation sites is 2. The van der Waals surface area contributed by atoms with Crippen LogP contribution in [0.25, 0.3) is 66.1 Å². The molecule has 0 bridgehead atoms. The molecule has 0 amide bonds. The fourth-order valence-electron chi connectivity index (χ4n) is 9.68. The van der Waals surface area contributed by atoms with Crippen molar-refractivity contribution in [1.82, 2.24) is 0 Å². The van der Waals surface area contributed by atoms with Crippen molar-refractivity contribution in [3.8, 4) is 22.3 Å². The maximum absolute atomic E-state index is 6.51. The molecule has 0 saturated heterocycles. The summed E-state index contributed by atoms with van der Waals surface area (Å²) in [6.07, 6.45) is 0. The summed E-state index contributed by atoms with van der Waals surface area (Å²) in [5.41, 5.74) is 15.9. The Bertz CT molecular complexity index is 3300. The first kappa shape index (κ1) is 32.6. The molecule has 1 aliphatic rings. The van der Waals surface area contributed by atoms with Crippen LogP contribution in [0.2, 0.25) is 0 Å². The van der Waals surface area contributed by atoms with Crippen molar-refractivity contribution in [3.63, 3.8) is 0 Å². The minimum absolute atomic E-state index is 0.590. The molecule has 3 nitrogen and oxygen atoms in total. The molecule has 3 heteroatoms. The normalized spacial score (nSPS) is 13.0. The maximum Gasteiger partial charge on any atom is 0.137 e. The molecule has 0 atom stereocenters. The molecule has 1 aliphatic carbocycles. The highest BCUT2D eigenvalue weighted by molar-refractivity contribution is 6.08. The van der Waals surface area contributed by atoms with E-state index < -0.39 is 5.41 Å². The van der Waals surface area contributed by atoms with E-state index in [-0.39, 0.29) is 0 Å². The first-order chi connectivity index (χ1) is 28.8. The van der Waals surface area contributed by atoms with Crippen molar-refractivity contribution in [1.29, 1.82) is 0 Å². The highest BCUT2D eigenvalue weighted by Crippen LogP contribution is 2.59. The molecule has 12 rings (SSSR count). The second kappa shape index (κ2) is 12.7. The first-order valence-corrected chi connectivity index (χ1v) is 19.8. The third-order valence-electron chi connectivity index (χ3n) is 12.1. The number of hydrogen-bond donors (Lipinski definition) is 0. The number of fused-ring (bicyclic) bond motifs is 9. The summed E-state index contributed by atoms with van der Waals surface area (Å²) in [6, 6.07) is 76.5. The molecule has 2 heterocycles. The van der Waals surface area contributed by atoms with Crippen LogP contribution in [0.1, 0.15) is 22.3 Å². The highest BCUT2D eigenvalue weighted by Gasteiger charge is 2.47. The lowest BCUT2D eigenvalue weighted by Crippen LogP contribution is -2.28. The van der Waals surface area contributed by atoms with Gasteiger partial charge in [-0.25, -0.2) is 0 Å². The van der Waals surface area contributed by atoms with E-state index in [4.69, 9.17) is 8.83 Å². The molecule has 0 aliphatic heterocycles. The van der Waals surface area contributed by atoms with E-state index in [1.54, 1.807) is 0 Å². The summed E-state index contributed by atoms with van der Waals surface area (Å²) in [4.78, 5) is 2.37. The molecule has 2 aromatic heterocycles. The zero-order valence-electron chi connectivity index (χ0n) is 31.5. The van der Waals surface area contributed by atoms with E-state index in [1.165, 1.54) is 44.5 Å². The lowest BCUT2D eigenvalue weighted by atomic mass is 9.67. The molecule has 272 valence electrons. The average molecular weight is 742 g/mol. The maximum atomic E-state index is 6.51. The number of furan rings is 2. The molecule has 0 fully saturated rings. The first-order valence-electron chi connectivity index (χ1n) is 19.8. The topological polar surface area (TPSA) is 29.5 Å². The number of nitrogens with zero attached hydrogens (tertiary/aromatic N) is 1. The Balaban J connectivity index is 1.16. The SMILES string of the molecule is c1ccc(-c2cccc3c2-c2ccc(N(c4ccc5c(c4)oc4ccccc45)c4ccc5oc6ccccc6c5c4)cc2C3(c2ccccc2)c2ccccc2)cc1. The quantitative estimate of drug-likeness (QED) is 0.170. The smallest absolute Gasteiger partial charge is 0.137 e. The Kier molecular flexibility index (Phi) is 7.14. The predicted octanol–water partition coefficient (Wildman–Crippen LogP) is 15.0. The van der Waals surface area contributed by atoms with Crippen LogP contribution in [0, 0.1) is 0 Å². The summed E-state index contributed by atoms with van der Waals surface area (Å²) >= 11 is 0. The molecule has 11 aromatic rings. The van der Waals surface area contributed by atoms with Gasteiger partial charge in [0.1, 0.15) is 22.3 Å².